The average Bonchev–Trinajstić information content (AvgIpc) is 3.09. The second-order valence-electron chi connectivity index (χ2n) is 6.35. The van der Waals surface area contributed by atoms with E-state index in [1.807, 2.05) is 37.1 Å². The average molecular weight is 369 g/mol. The minimum absolute atomic E-state index is 0.147. The van der Waals surface area contributed by atoms with Crippen molar-refractivity contribution in [3.63, 3.8) is 0 Å². The molecule has 0 radical (unpaired) electrons. The molecule has 0 spiro atoms. The summed E-state index contributed by atoms with van der Waals surface area (Å²) >= 11 is 0. The Morgan fingerprint density at radius 2 is 1.93 bits per heavy atom. The Morgan fingerprint density at radius 1 is 1.11 bits per heavy atom. The summed E-state index contributed by atoms with van der Waals surface area (Å²) in [7, 11) is 1.87. The Kier molecular flexibility index (Phi) is 5.93. The van der Waals surface area contributed by atoms with Gasteiger partial charge >= 0.3 is 0 Å². The normalized spacial score (nSPS) is 12.1. The van der Waals surface area contributed by atoms with Crippen LogP contribution < -0.4 is 20.1 Å². The lowest BCUT2D eigenvalue weighted by molar-refractivity contribution is -0.117. The first-order valence-corrected chi connectivity index (χ1v) is 8.80. The van der Waals surface area contributed by atoms with Crippen molar-refractivity contribution in [2.75, 3.05) is 32.2 Å². The highest BCUT2D eigenvalue weighted by Gasteiger charge is 2.15. The number of rotatable bonds is 7. The van der Waals surface area contributed by atoms with E-state index >= 15 is 0 Å². The maximum Gasteiger partial charge on any atom is 0.251 e. The van der Waals surface area contributed by atoms with Gasteiger partial charge in [-0.05, 0) is 49.9 Å². The summed E-state index contributed by atoms with van der Waals surface area (Å²) in [5.74, 6) is 1.17. The van der Waals surface area contributed by atoms with Gasteiger partial charge < -0.3 is 20.1 Å². The van der Waals surface area contributed by atoms with Crippen molar-refractivity contribution >= 4 is 17.5 Å². The maximum atomic E-state index is 12.3. The molecule has 0 aliphatic carbocycles. The third-order valence-electron chi connectivity index (χ3n) is 4.05. The molecule has 0 saturated heterocycles. The number of nitrogens with one attached hydrogen (secondary N) is 2. The lowest BCUT2D eigenvalue weighted by Gasteiger charge is -2.17. The molecule has 0 saturated carbocycles. The van der Waals surface area contributed by atoms with E-state index in [4.69, 9.17) is 9.47 Å². The number of amides is 2. The molecule has 0 fully saturated rings. The summed E-state index contributed by atoms with van der Waals surface area (Å²) in [4.78, 5) is 26.1. The molecule has 142 valence electrons. The van der Waals surface area contributed by atoms with Crippen molar-refractivity contribution in [2.24, 2.45) is 0 Å². The van der Waals surface area contributed by atoms with Crippen LogP contribution in [0.3, 0.4) is 0 Å². The SMILES string of the molecule is CCNC(=O)c1cccc(NC(=O)CN(C)Cc2ccc3c(c2)OCO3)c1. The molecule has 0 unspecified atom stereocenters. The molecular weight excluding hydrogens is 346 g/mol. The fourth-order valence-corrected chi connectivity index (χ4v) is 2.85. The first kappa shape index (κ1) is 18.7. The Balaban J connectivity index is 1.54. The van der Waals surface area contributed by atoms with Gasteiger partial charge in [0, 0.05) is 24.3 Å². The number of ether oxygens (including phenoxy) is 2. The van der Waals surface area contributed by atoms with Gasteiger partial charge in [0.15, 0.2) is 11.5 Å². The standard InChI is InChI=1S/C20H23N3O4/c1-3-21-20(25)15-5-4-6-16(10-15)22-19(24)12-23(2)11-14-7-8-17-18(9-14)27-13-26-17/h4-10H,3,11-13H2,1-2H3,(H,21,25)(H,22,24). The predicted octanol–water partition coefficient (Wildman–Crippen LogP) is 2.24. The highest BCUT2D eigenvalue weighted by molar-refractivity contribution is 5.97. The topological polar surface area (TPSA) is 79.9 Å². The second-order valence-corrected chi connectivity index (χ2v) is 6.35. The summed E-state index contributed by atoms with van der Waals surface area (Å²) in [6, 6.07) is 12.6. The molecule has 3 rings (SSSR count). The number of fused-ring (bicyclic) bond motifs is 1. The molecule has 0 aromatic heterocycles. The Morgan fingerprint density at radius 3 is 2.74 bits per heavy atom. The van der Waals surface area contributed by atoms with E-state index in [1.165, 1.54) is 0 Å². The minimum Gasteiger partial charge on any atom is -0.454 e. The van der Waals surface area contributed by atoms with Gasteiger partial charge in [-0.2, -0.15) is 0 Å². The van der Waals surface area contributed by atoms with Crippen molar-refractivity contribution in [1.82, 2.24) is 10.2 Å². The van der Waals surface area contributed by atoms with Gasteiger partial charge in [0.05, 0.1) is 6.54 Å². The van der Waals surface area contributed by atoms with Crippen LogP contribution in [0.2, 0.25) is 0 Å². The van der Waals surface area contributed by atoms with Gasteiger partial charge in [0.25, 0.3) is 5.91 Å². The molecule has 1 aliphatic rings. The quantitative estimate of drug-likeness (QED) is 0.782. The zero-order valence-corrected chi connectivity index (χ0v) is 15.5. The molecule has 7 heteroatoms. The van der Waals surface area contributed by atoms with Gasteiger partial charge in [-0.1, -0.05) is 12.1 Å². The zero-order chi connectivity index (χ0) is 19.2. The second kappa shape index (κ2) is 8.55. The van der Waals surface area contributed by atoms with Gasteiger partial charge in [-0.15, -0.1) is 0 Å². The van der Waals surface area contributed by atoms with E-state index in [2.05, 4.69) is 10.6 Å². The molecular formula is C20H23N3O4. The van der Waals surface area contributed by atoms with Gasteiger partial charge in [-0.3, -0.25) is 14.5 Å². The van der Waals surface area contributed by atoms with Crippen LogP contribution in [0.1, 0.15) is 22.8 Å². The van der Waals surface area contributed by atoms with Crippen molar-refractivity contribution in [1.29, 1.82) is 0 Å². The van der Waals surface area contributed by atoms with Crippen LogP contribution in [0.4, 0.5) is 5.69 Å². The first-order chi connectivity index (χ1) is 13.0. The van der Waals surface area contributed by atoms with E-state index in [0.717, 1.165) is 17.1 Å². The maximum absolute atomic E-state index is 12.3. The molecule has 2 aromatic carbocycles. The molecule has 2 aromatic rings. The highest BCUT2D eigenvalue weighted by Crippen LogP contribution is 2.32. The molecule has 0 bridgehead atoms. The van der Waals surface area contributed by atoms with Crippen molar-refractivity contribution in [3.05, 3.63) is 53.6 Å². The van der Waals surface area contributed by atoms with Crippen LogP contribution in [0.25, 0.3) is 0 Å². The van der Waals surface area contributed by atoms with E-state index in [-0.39, 0.29) is 25.2 Å². The molecule has 7 nitrogen and oxygen atoms in total. The zero-order valence-electron chi connectivity index (χ0n) is 15.5. The molecule has 0 atom stereocenters. The third-order valence-corrected chi connectivity index (χ3v) is 4.05. The Labute approximate surface area is 158 Å². The Hall–Kier alpha value is -3.06. The number of hydrogen-bond donors (Lipinski definition) is 2. The van der Waals surface area contributed by atoms with E-state index < -0.39 is 0 Å². The predicted molar refractivity (Wildman–Crippen MR) is 102 cm³/mol. The smallest absolute Gasteiger partial charge is 0.251 e. The minimum atomic E-state index is -0.159. The summed E-state index contributed by atoms with van der Waals surface area (Å²) in [5.41, 5.74) is 2.15. The number of hydrogen-bond acceptors (Lipinski definition) is 5. The third kappa shape index (κ3) is 4.98. The van der Waals surface area contributed by atoms with Crippen LogP contribution >= 0.6 is 0 Å². The van der Waals surface area contributed by atoms with Crippen molar-refractivity contribution in [2.45, 2.75) is 13.5 Å². The highest BCUT2D eigenvalue weighted by atomic mass is 16.7. The molecule has 1 heterocycles. The van der Waals surface area contributed by atoms with Crippen molar-refractivity contribution in [3.8, 4) is 11.5 Å². The largest absolute Gasteiger partial charge is 0.454 e. The van der Waals surface area contributed by atoms with Crippen LogP contribution in [-0.4, -0.2) is 43.6 Å². The number of nitrogens with zero attached hydrogens (tertiary/aromatic N) is 1. The molecule has 2 N–H and O–H groups in total. The number of carbonyl (C=O) groups is 2. The lowest BCUT2D eigenvalue weighted by Crippen LogP contribution is -2.30. The van der Waals surface area contributed by atoms with E-state index in [9.17, 15) is 9.59 Å². The van der Waals surface area contributed by atoms with Gasteiger partial charge in [0.1, 0.15) is 0 Å². The van der Waals surface area contributed by atoms with Crippen LogP contribution in [0.15, 0.2) is 42.5 Å². The molecule has 27 heavy (non-hydrogen) atoms. The summed E-state index contributed by atoms with van der Waals surface area (Å²) < 4.78 is 10.7. The van der Waals surface area contributed by atoms with Gasteiger partial charge in [0.2, 0.25) is 12.7 Å². The van der Waals surface area contributed by atoms with Crippen LogP contribution in [-0.2, 0) is 11.3 Å². The fraction of sp³-hybridized carbons (Fsp3) is 0.300. The lowest BCUT2D eigenvalue weighted by atomic mass is 10.2. The van der Waals surface area contributed by atoms with Crippen molar-refractivity contribution < 1.29 is 19.1 Å². The number of carbonyl (C=O) groups excluding carboxylic acids is 2. The van der Waals surface area contributed by atoms with E-state index in [1.54, 1.807) is 24.3 Å². The summed E-state index contributed by atoms with van der Waals surface area (Å²) in [5, 5.41) is 5.57. The monoisotopic (exact) mass is 369 g/mol. The molecule has 2 amide bonds. The first-order valence-electron chi connectivity index (χ1n) is 8.80. The number of likely N-dealkylation sites (N-methyl/N-ethyl adjacent to an activating group) is 1. The number of anilines is 1. The van der Waals surface area contributed by atoms with Crippen LogP contribution in [0, 0.1) is 0 Å². The van der Waals surface area contributed by atoms with Gasteiger partial charge in [-0.25, -0.2) is 0 Å². The summed E-state index contributed by atoms with van der Waals surface area (Å²) in [6.07, 6.45) is 0. The van der Waals surface area contributed by atoms with Crippen LogP contribution in [0.5, 0.6) is 11.5 Å². The van der Waals surface area contributed by atoms with E-state index in [0.29, 0.717) is 24.3 Å². The molecule has 1 aliphatic heterocycles. The number of benzene rings is 2. The summed E-state index contributed by atoms with van der Waals surface area (Å²) in [6.45, 7) is 3.48. The Bertz CT molecular complexity index is 838. The fourth-order valence-electron chi connectivity index (χ4n) is 2.85.